The maximum absolute atomic E-state index is 15.0. The maximum atomic E-state index is 15.0. The molecule has 2 unspecified atom stereocenters. The Bertz CT molecular complexity index is 1110. The predicted molar refractivity (Wildman–Crippen MR) is 123 cm³/mol. The fraction of sp³-hybridized carbons (Fsp3) is 0.111. The van der Waals surface area contributed by atoms with E-state index in [2.05, 4.69) is 0 Å². The Morgan fingerprint density at radius 2 is 0.839 bits per heavy atom. The quantitative estimate of drug-likeness (QED) is 0.336. The third-order valence-corrected chi connectivity index (χ3v) is 8.94. The normalized spacial score (nSPS) is 25.7. The molecule has 1 aliphatic heterocycles. The van der Waals surface area contributed by atoms with E-state index >= 15 is 4.57 Å². The minimum atomic E-state index is -3.23. The van der Waals surface area contributed by atoms with Gasteiger partial charge in [-0.05, 0) is 11.1 Å². The Morgan fingerprint density at radius 3 is 1.26 bits per heavy atom. The summed E-state index contributed by atoms with van der Waals surface area (Å²) in [6.45, 7) is 0. The molecular weight excluding hydrogens is 403 g/mol. The van der Waals surface area contributed by atoms with Crippen molar-refractivity contribution in [3.63, 3.8) is 0 Å². The molecule has 4 aromatic rings. The largest absolute Gasteiger partial charge is 0.332 e. The molecule has 4 aromatic carbocycles. The molecule has 0 spiro atoms. The molecule has 4 heteroatoms. The van der Waals surface area contributed by atoms with Crippen LogP contribution in [0.3, 0.4) is 0 Å². The third-order valence-electron chi connectivity index (χ3n) is 5.60. The Labute approximate surface area is 182 Å². The lowest BCUT2D eigenvalue weighted by Gasteiger charge is -2.43. The third kappa shape index (κ3) is 3.77. The molecule has 154 valence electrons. The molecule has 0 bridgehead atoms. The average molecular weight is 426 g/mol. The van der Waals surface area contributed by atoms with Crippen molar-refractivity contribution in [1.82, 2.24) is 0 Å². The molecular formula is C27H23O3P. The summed E-state index contributed by atoms with van der Waals surface area (Å²) in [5, 5.41) is 0.754. The van der Waals surface area contributed by atoms with Gasteiger partial charge in [0.25, 0.3) is 0 Å². The summed E-state index contributed by atoms with van der Waals surface area (Å²) in [5.41, 5.74) is 2.68. The minimum Gasteiger partial charge on any atom is -0.332 e. The lowest BCUT2D eigenvalue weighted by molar-refractivity contribution is -0.189. The molecule has 5 rings (SSSR count). The molecule has 3 nitrogen and oxygen atoms in total. The average Bonchev–Trinajstić information content (AvgIpc) is 2.86. The molecule has 1 saturated heterocycles. The minimum absolute atomic E-state index is 0.623. The van der Waals surface area contributed by atoms with E-state index in [0.29, 0.717) is 0 Å². The van der Waals surface area contributed by atoms with Crippen molar-refractivity contribution < 1.29 is 14.0 Å². The van der Waals surface area contributed by atoms with Crippen LogP contribution in [0.1, 0.15) is 34.7 Å². The summed E-state index contributed by atoms with van der Waals surface area (Å²) >= 11 is 0. The van der Waals surface area contributed by atoms with Gasteiger partial charge in [0.15, 0.2) is 13.4 Å². The van der Waals surface area contributed by atoms with Gasteiger partial charge >= 0.3 is 0 Å². The summed E-state index contributed by atoms with van der Waals surface area (Å²) < 4.78 is 28.0. The highest BCUT2D eigenvalue weighted by molar-refractivity contribution is 7.72. The van der Waals surface area contributed by atoms with Crippen molar-refractivity contribution in [3.8, 4) is 0 Å². The van der Waals surface area contributed by atoms with Crippen molar-refractivity contribution in [1.29, 1.82) is 0 Å². The topological polar surface area (TPSA) is 35.5 Å². The van der Waals surface area contributed by atoms with Crippen LogP contribution in [-0.4, -0.2) is 0 Å². The second-order valence-corrected chi connectivity index (χ2v) is 10.5. The van der Waals surface area contributed by atoms with Crippen molar-refractivity contribution in [2.24, 2.45) is 0 Å². The zero-order valence-electron chi connectivity index (χ0n) is 17.0. The van der Waals surface area contributed by atoms with Gasteiger partial charge in [-0.3, -0.25) is 0 Å². The van der Waals surface area contributed by atoms with Crippen molar-refractivity contribution in [2.45, 2.75) is 18.0 Å². The van der Waals surface area contributed by atoms with Crippen LogP contribution >= 0.6 is 7.14 Å². The number of hydrogen-bond acceptors (Lipinski definition) is 3. The highest BCUT2D eigenvalue weighted by Gasteiger charge is 2.51. The standard InChI is InChI=1S/C27H23O3P/c28-31(24-19-11-4-12-20-24)26(22-15-7-2-8-16-22)29-25(21-13-5-1-6-14-21)30-27(31)23-17-9-3-10-18-23/h1-20,25-27H. The van der Waals surface area contributed by atoms with Crippen molar-refractivity contribution in [3.05, 3.63) is 138 Å². The van der Waals surface area contributed by atoms with Gasteiger partial charge in [0, 0.05) is 10.9 Å². The zero-order valence-corrected chi connectivity index (χ0v) is 17.8. The molecule has 0 saturated carbocycles. The monoisotopic (exact) mass is 426 g/mol. The van der Waals surface area contributed by atoms with E-state index in [1.54, 1.807) is 0 Å². The van der Waals surface area contributed by atoms with Crippen LogP contribution in [-0.2, 0) is 14.0 Å². The van der Waals surface area contributed by atoms with Crippen LogP contribution in [0.4, 0.5) is 0 Å². The fourth-order valence-electron chi connectivity index (χ4n) is 4.10. The first kappa shape index (κ1) is 20.0. The van der Waals surface area contributed by atoms with Gasteiger partial charge in [0.1, 0.15) is 11.7 Å². The first-order valence-corrected chi connectivity index (χ1v) is 12.2. The van der Waals surface area contributed by atoms with E-state index < -0.39 is 25.1 Å². The lowest BCUT2D eigenvalue weighted by atomic mass is 10.2. The van der Waals surface area contributed by atoms with Crippen LogP contribution in [0.15, 0.2) is 121 Å². The fourth-order valence-corrected chi connectivity index (χ4v) is 7.34. The summed E-state index contributed by atoms with van der Waals surface area (Å²) in [4.78, 5) is 0. The summed E-state index contributed by atoms with van der Waals surface area (Å²) in [5.74, 6) is -1.25. The zero-order chi connectivity index (χ0) is 21.1. The maximum Gasteiger partial charge on any atom is 0.186 e. The van der Waals surface area contributed by atoms with Crippen molar-refractivity contribution in [2.75, 3.05) is 0 Å². The highest BCUT2D eigenvalue weighted by atomic mass is 31.2. The van der Waals surface area contributed by atoms with Crippen LogP contribution in [0, 0.1) is 0 Å². The first-order chi connectivity index (χ1) is 15.3. The SMILES string of the molecule is O=P1(c2ccccc2)C(c2ccccc2)OC(c2ccccc2)OC1c1ccccc1. The molecule has 0 aliphatic carbocycles. The van der Waals surface area contributed by atoms with Crippen molar-refractivity contribution >= 4 is 12.4 Å². The van der Waals surface area contributed by atoms with E-state index in [0.717, 1.165) is 22.0 Å². The van der Waals surface area contributed by atoms with E-state index in [1.807, 2.05) is 121 Å². The van der Waals surface area contributed by atoms with E-state index in [-0.39, 0.29) is 0 Å². The van der Waals surface area contributed by atoms with E-state index in [9.17, 15) is 0 Å². The molecule has 0 aromatic heterocycles. The van der Waals surface area contributed by atoms with Gasteiger partial charge in [0.05, 0.1) is 0 Å². The molecule has 1 aliphatic rings. The second-order valence-electron chi connectivity index (χ2n) is 7.59. The Balaban J connectivity index is 1.71. The van der Waals surface area contributed by atoms with Crippen LogP contribution in [0.25, 0.3) is 0 Å². The molecule has 1 fully saturated rings. The highest BCUT2D eigenvalue weighted by Crippen LogP contribution is 2.72. The lowest BCUT2D eigenvalue weighted by Crippen LogP contribution is -2.29. The summed E-state index contributed by atoms with van der Waals surface area (Å²) in [7, 11) is -3.23. The molecule has 0 amide bonds. The van der Waals surface area contributed by atoms with E-state index in [4.69, 9.17) is 9.47 Å². The molecule has 1 heterocycles. The molecule has 31 heavy (non-hydrogen) atoms. The summed E-state index contributed by atoms with van der Waals surface area (Å²) in [6, 6.07) is 39.1. The predicted octanol–water partition coefficient (Wildman–Crippen LogP) is 6.82. The van der Waals surface area contributed by atoms with Gasteiger partial charge in [-0.25, -0.2) is 0 Å². The Hall–Kier alpha value is -2.97. The van der Waals surface area contributed by atoms with Gasteiger partial charge in [0.2, 0.25) is 0 Å². The van der Waals surface area contributed by atoms with Crippen LogP contribution in [0.2, 0.25) is 0 Å². The first-order valence-electron chi connectivity index (χ1n) is 10.4. The molecule has 2 atom stereocenters. The Kier molecular flexibility index (Phi) is 5.57. The second kappa shape index (κ2) is 8.64. The number of benzene rings is 4. The van der Waals surface area contributed by atoms with Gasteiger partial charge in [-0.2, -0.15) is 0 Å². The van der Waals surface area contributed by atoms with Crippen LogP contribution < -0.4 is 5.30 Å². The number of hydrogen-bond donors (Lipinski definition) is 0. The number of ether oxygens (including phenoxy) is 2. The van der Waals surface area contributed by atoms with Gasteiger partial charge in [-0.1, -0.05) is 121 Å². The molecule has 0 radical (unpaired) electrons. The van der Waals surface area contributed by atoms with Gasteiger partial charge < -0.3 is 14.0 Å². The molecule has 0 N–H and O–H groups in total. The smallest absolute Gasteiger partial charge is 0.186 e. The summed E-state index contributed by atoms with van der Waals surface area (Å²) in [6.07, 6.45) is -0.623. The van der Waals surface area contributed by atoms with Gasteiger partial charge in [-0.15, -0.1) is 0 Å². The van der Waals surface area contributed by atoms with Crippen LogP contribution in [0.5, 0.6) is 0 Å². The van der Waals surface area contributed by atoms with E-state index in [1.165, 1.54) is 0 Å². The Morgan fingerprint density at radius 1 is 0.484 bits per heavy atom. The number of rotatable bonds is 4.